The van der Waals surface area contributed by atoms with Gasteiger partial charge in [0, 0.05) is 11.3 Å². The third-order valence-corrected chi connectivity index (χ3v) is 7.40. The number of fused-ring (bicyclic) bond motifs is 2. The molecule has 5 heteroatoms. The van der Waals surface area contributed by atoms with Crippen molar-refractivity contribution in [3.05, 3.63) is 24.3 Å². The van der Waals surface area contributed by atoms with E-state index in [1.54, 1.807) is 5.48 Å². The van der Waals surface area contributed by atoms with E-state index in [4.69, 9.17) is 14.7 Å². The lowest BCUT2D eigenvalue weighted by Gasteiger charge is -2.27. The van der Waals surface area contributed by atoms with Crippen LogP contribution < -0.4 is 5.48 Å². The Labute approximate surface area is 182 Å². The molecule has 30 heavy (non-hydrogen) atoms. The van der Waals surface area contributed by atoms with Gasteiger partial charge >= 0.3 is 0 Å². The maximum atomic E-state index is 11.7. The van der Waals surface area contributed by atoms with Crippen molar-refractivity contribution in [2.24, 2.45) is 23.2 Å². The second-order valence-electron chi connectivity index (χ2n) is 10.1. The zero-order valence-corrected chi connectivity index (χ0v) is 18.9. The summed E-state index contributed by atoms with van der Waals surface area (Å²) in [6.45, 7) is 5.21. The topological polar surface area (TPSA) is 67.8 Å². The van der Waals surface area contributed by atoms with E-state index in [1.807, 2.05) is 13.8 Å². The molecular weight excluding hydrogens is 378 g/mol. The number of allylic oxidation sites excluding steroid dienone is 3. The fourth-order valence-corrected chi connectivity index (χ4v) is 5.36. The van der Waals surface area contributed by atoms with Crippen molar-refractivity contribution >= 4 is 5.91 Å². The fraction of sp³-hybridized carbons (Fsp3) is 0.800. The first kappa shape index (κ1) is 23.5. The highest BCUT2D eigenvalue weighted by atomic mass is 16.5. The summed E-state index contributed by atoms with van der Waals surface area (Å²) in [5.74, 6) is 1.47. The van der Waals surface area contributed by atoms with Gasteiger partial charge in [0.05, 0.1) is 25.4 Å². The van der Waals surface area contributed by atoms with Crippen LogP contribution in [-0.4, -0.2) is 36.5 Å². The standard InChI is InChI=1S/C25H41NO4/c1-25(2,24(27)26-28)16-8-4-7-13-20-21(23-15-14-22(20)30-23)18-29-17-9-12-19-10-5-3-6-11-19/h4,7,9,12,19-23,28H,3,5-6,8,10-11,13-18H2,1-2H3,(H,26,27)/b7-4-,12-9?/t20-,21+,22-,23+/m1/s1. The summed E-state index contributed by atoms with van der Waals surface area (Å²) in [7, 11) is 0. The van der Waals surface area contributed by atoms with E-state index < -0.39 is 5.41 Å². The minimum Gasteiger partial charge on any atom is -0.377 e. The Morgan fingerprint density at radius 2 is 1.80 bits per heavy atom. The van der Waals surface area contributed by atoms with Gasteiger partial charge in [0.15, 0.2) is 0 Å². The Morgan fingerprint density at radius 3 is 2.53 bits per heavy atom. The molecule has 0 aromatic carbocycles. The average Bonchev–Trinajstić information content (AvgIpc) is 3.35. The number of ether oxygens (including phenoxy) is 2. The minimum atomic E-state index is -0.559. The molecule has 2 saturated heterocycles. The first-order chi connectivity index (χ1) is 14.5. The van der Waals surface area contributed by atoms with Crippen molar-refractivity contribution in [1.29, 1.82) is 0 Å². The number of nitrogens with one attached hydrogen (secondary N) is 1. The van der Waals surface area contributed by atoms with Gasteiger partial charge in [0.1, 0.15) is 0 Å². The van der Waals surface area contributed by atoms with Crippen molar-refractivity contribution in [2.45, 2.75) is 90.3 Å². The lowest BCUT2D eigenvalue weighted by molar-refractivity contribution is -0.138. The van der Waals surface area contributed by atoms with Crippen molar-refractivity contribution in [2.75, 3.05) is 13.2 Å². The molecule has 170 valence electrons. The predicted molar refractivity (Wildman–Crippen MR) is 118 cm³/mol. The van der Waals surface area contributed by atoms with Crippen LogP contribution in [0.3, 0.4) is 0 Å². The molecule has 1 saturated carbocycles. The van der Waals surface area contributed by atoms with Crippen molar-refractivity contribution in [3.8, 4) is 0 Å². The molecule has 2 aliphatic heterocycles. The zero-order chi connectivity index (χ0) is 21.4. The van der Waals surface area contributed by atoms with Crippen LogP contribution >= 0.6 is 0 Å². The highest BCUT2D eigenvalue weighted by molar-refractivity contribution is 5.80. The summed E-state index contributed by atoms with van der Waals surface area (Å²) in [6.07, 6.45) is 21.5. The number of hydrogen-bond donors (Lipinski definition) is 2. The van der Waals surface area contributed by atoms with Crippen molar-refractivity contribution in [3.63, 3.8) is 0 Å². The number of hydrogen-bond acceptors (Lipinski definition) is 4. The van der Waals surface area contributed by atoms with Crippen LogP contribution in [0.1, 0.15) is 78.1 Å². The summed E-state index contributed by atoms with van der Waals surface area (Å²) < 4.78 is 12.2. The lowest BCUT2D eigenvalue weighted by Crippen LogP contribution is -2.34. The Balaban J connectivity index is 1.38. The molecular formula is C25H41NO4. The minimum absolute atomic E-state index is 0.327. The second-order valence-corrected chi connectivity index (χ2v) is 10.1. The van der Waals surface area contributed by atoms with E-state index in [2.05, 4.69) is 24.3 Å². The third kappa shape index (κ3) is 6.41. The summed E-state index contributed by atoms with van der Waals surface area (Å²) in [6, 6.07) is 0. The molecule has 1 amide bonds. The SMILES string of the molecule is CC(C)(CC/C=C\C[C@@H]1[C@H](COCC=CC2CCCCC2)[C@@H]2CC[C@H]1O2)C(=O)NO. The van der Waals surface area contributed by atoms with Gasteiger partial charge in [-0.3, -0.25) is 10.0 Å². The Morgan fingerprint density at radius 1 is 1.07 bits per heavy atom. The zero-order valence-electron chi connectivity index (χ0n) is 18.9. The van der Waals surface area contributed by atoms with E-state index in [9.17, 15) is 4.79 Å². The molecule has 0 aromatic rings. The van der Waals surface area contributed by atoms with E-state index in [1.165, 1.54) is 44.9 Å². The molecule has 3 aliphatic rings. The molecule has 0 unspecified atom stereocenters. The second kappa shape index (κ2) is 11.4. The molecule has 2 heterocycles. The number of hydroxylamine groups is 1. The van der Waals surface area contributed by atoms with Gasteiger partial charge in [-0.05, 0) is 56.8 Å². The molecule has 0 spiro atoms. The van der Waals surface area contributed by atoms with Gasteiger partial charge in [0.2, 0.25) is 5.91 Å². The van der Waals surface area contributed by atoms with Gasteiger partial charge in [-0.2, -0.15) is 0 Å². The third-order valence-electron chi connectivity index (χ3n) is 7.40. The van der Waals surface area contributed by atoms with Crippen LogP contribution in [-0.2, 0) is 14.3 Å². The maximum absolute atomic E-state index is 11.7. The van der Waals surface area contributed by atoms with E-state index in [0.29, 0.717) is 30.5 Å². The molecule has 0 aromatic heterocycles. The molecule has 3 fully saturated rings. The van der Waals surface area contributed by atoms with Crippen LogP contribution in [0.25, 0.3) is 0 Å². The number of amides is 1. The van der Waals surface area contributed by atoms with Gasteiger partial charge < -0.3 is 9.47 Å². The first-order valence-corrected chi connectivity index (χ1v) is 12.0. The lowest BCUT2D eigenvalue weighted by atomic mass is 9.78. The maximum Gasteiger partial charge on any atom is 0.248 e. The molecule has 0 radical (unpaired) electrons. The van der Waals surface area contributed by atoms with Gasteiger partial charge in [-0.25, -0.2) is 5.48 Å². The smallest absolute Gasteiger partial charge is 0.248 e. The predicted octanol–water partition coefficient (Wildman–Crippen LogP) is 5.19. The number of rotatable bonds is 11. The van der Waals surface area contributed by atoms with Crippen LogP contribution in [0, 0.1) is 23.2 Å². The largest absolute Gasteiger partial charge is 0.377 e. The summed E-state index contributed by atoms with van der Waals surface area (Å²) >= 11 is 0. The fourth-order valence-electron chi connectivity index (χ4n) is 5.36. The molecule has 1 aliphatic carbocycles. The van der Waals surface area contributed by atoms with Crippen LogP contribution in [0.2, 0.25) is 0 Å². The van der Waals surface area contributed by atoms with E-state index in [-0.39, 0.29) is 5.91 Å². The first-order valence-electron chi connectivity index (χ1n) is 12.0. The molecule has 4 atom stereocenters. The van der Waals surface area contributed by atoms with Gasteiger partial charge in [0.25, 0.3) is 0 Å². The normalized spacial score (nSPS) is 30.0. The quantitative estimate of drug-likeness (QED) is 0.209. The Hall–Kier alpha value is -1.17. The molecule has 2 N–H and O–H groups in total. The highest BCUT2D eigenvalue weighted by Crippen LogP contribution is 2.45. The summed E-state index contributed by atoms with van der Waals surface area (Å²) in [5, 5.41) is 8.83. The number of carbonyl (C=O) groups excluding carboxylic acids is 1. The van der Waals surface area contributed by atoms with Crippen molar-refractivity contribution < 1.29 is 19.5 Å². The van der Waals surface area contributed by atoms with Gasteiger partial charge in [-0.1, -0.05) is 57.4 Å². The van der Waals surface area contributed by atoms with E-state index >= 15 is 0 Å². The van der Waals surface area contributed by atoms with Crippen LogP contribution in [0.15, 0.2) is 24.3 Å². The van der Waals surface area contributed by atoms with E-state index in [0.717, 1.165) is 32.0 Å². The highest BCUT2D eigenvalue weighted by Gasteiger charge is 2.48. The number of carbonyl (C=O) groups is 1. The van der Waals surface area contributed by atoms with Gasteiger partial charge in [-0.15, -0.1) is 0 Å². The molecule has 3 rings (SSSR count). The summed E-state index contributed by atoms with van der Waals surface area (Å²) in [5.41, 5.74) is 1.20. The van der Waals surface area contributed by atoms with Crippen molar-refractivity contribution in [1.82, 2.24) is 5.48 Å². The molecule has 5 nitrogen and oxygen atoms in total. The van der Waals surface area contributed by atoms with Crippen LogP contribution in [0.4, 0.5) is 0 Å². The monoisotopic (exact) mass is 419 g/mol. The van der Waals surface area contributed by atoms with Crippen LogP contribution in [0.5, 0.6) is 0 Å². The Bertz CT molecular complexity index is 594. The Kier molecular flexibility index (Phi) is 8.97. The summed E-state index contributed by atoms with van der Waals surface area (Å²) in [4.78, 5) is 11.7. The molecule has 2 bridgehead atoms. The average molecular weight is 420 g/mol.